The summed E-state index contributed by atoms with van der Waals surface area (Å²) < 4.78 is 23.2. The summed E-state index contributed by atoms with van der Waals surface area (Å²) in [5.41, 5.74) is 0. The number of hydrogen-bond donors (Lipinski definition) is 0. The minimum Gasteiger partial charge on any atom is -0.489 e. The first-order valence-corrected chi connectivity index (χ1v) is 9.89. The molecule has 1 aliphatic heterocycles. The van der Waals surface area contributed by atoms with Crippen molar-refractivity contribution >= 4 is 12.0 Å². The first-order valence-electron chi connectivity index (χ1n) is 9.15. The maximum absolute atomic E-state index is 6.33. The molecule has 1 heterocycles. The molecule has 1 saturated heterocycles. The summed E-state index contributed by atoms with van der Waals surface area (Å²) >= 11 is 1.34. The molecule has 0 amide bonds. The fourth-order valence-electron chi connectivity index (χ4n) is 3.31. The summed E-state index contributed by atoms with van der Waals surface area (Å²) in [6, 6.07) is 5.97. The molecule has 2 fully saturated rings. The summed E-state index contributed by atoms with van der Waals surface area (Å²) in [6.07, 6.45) is 10.8. The number of benzene rings is 1. The average Bonchev–Trinajstić information content (AvgIpc) is 2.87. The monoisotopic (exact) mass is 352 g/mol. The zero-order valence-electron chi connectivity index (χ0n) is 14.5. The van der Waals surface area contributed by atoms with Gasteiger partial charge in [0.15, 0.2) is 6.29 Å². The fraction of sp³-hybridized carbons (Fsp3) is 0.684. The molecule has 1 aliphatic carbocycles. The Bertz CT molecular complexity index is 494. The Balaban J connectivity index is 1.69. The smallest absolute Gasteiger partial charge is 0.199 e. The van der Waals surface area contributed by atoms with Crippen molar-refractivity contribution in [2.45, 2.75) is 75.1 Å². The Hall–Kier alpha value is -0.910. The van der Waals surface area contributed by atoms with Crippen molar-refractivity contribution in [3.8, 4) is 11.5 Å². The van der Waals surface area contributed by atoms with Gasteiger partial charge in [0.2, 0.25) is 0 Å². The van der Waals surface area contributed by atoms with Crippen LogP contribution in [0.15, 0.2) is 23.1 Å². The van der Waals surface area contributed by atoms with Gasteiger partial charge in [-0.2, -0.15) is 0 Å². The molecule has 134 valence electrons. The molecular formula is C19H28O4S. The molecule has 24 heavy (non-hydrogen) atoms. The van der Waals surface area contributed by atoms with E-state index in [9.17, 15) is 0 Å². The van der Waals surface area contributed by atoms with E-state index >= 15 is 0 Å². The highest BCUT2D eigenvalue weighted by Gasteiger charge is 2.19. The van der Waals surface area contributed by atoms with Crippen molar-refractivity contribution in [1.29, 1.82) is 0 Å². The number of ether oxygens (including phenoxy) is 3. The first kappa shape index (κ1) is 17.9. The molecule has 1 aromatic rings. The van der Waals surface area contributed by atoms with E-state index < -0.39 is 0 Å². The van der Waals surface area contributed by atoms with Gasteiger partial charge in [0, 0.05) is 24.5 Å². The van der Waals surface area contributed by atoms with Crippen LogP contribution in [-0.4, -0.2) is 26.1 Å². The van der Waals surface area contributed by atoms with Crippen LogP contribution < -0.4 is 9.47 Å². The molecule has 0 spiro atoms. The van der Waals surface area contributed by atoms with Crippen LogP contribution in [0.3, 0.4) is 0 Å². The van der Waals surface area contributed by atoms with Crippen molar-refractivity contribution in [2.24, 2.45) is 0 Å². The van der Waals surface area contributed by atoms with Crippen molar-refractivity contribution in [3.63, 3.8) is 0 Å². The standard InChI is InChI=1S/C19H28O4S/c1-20-24-18-12-11-16(23-19-10-6-7-13-21-19)14-17(18)22-15-8-4-2-3-5-9-15/h11-12,14-15,19H,2-10,13H2,1H3. The summed E-state index contributed by atoms with van der Waals surface area (Å²) in [6.45, 7) is 0.785. The Morgan fingerprint density at radius 1 is 0.958 bits per heavy atom. The lowest BCUT2D eigenvalue weighted by Gasteiger charge is -2.24. The highest BCUT2D eigenvalue weighted by atomic mass is 32.2. The van der Waals surface area contributed by atoms with Crippen molar-refractivity contribution in [3.05, 3.63) is 18.2 Å². The van der Waals surface area contributed by atoms with Crippen LogP contribution in [0.2, 0.25) is 0 Å². The molecule has 5 heteroatoms. The van der Waals surface area contributed by atoms with E-state index in [4.69, 9.17) is 18.4 Å². The zero-order valence-corrected chi connectivity index (χ0v) is 15.3. The van der Waals surface area contributed by atoms with E-state index in [0.717, 1.165) is 55.1 Å². The average molecular weight is 352 g/mol. The Morgan fingerprint density at radius 3 is 2.46 bits per heavy atom. The lowest BCUT2D eigenvalue weighted by molar-refractivity contribution is -0.106. The van der Waals surface area contributed by atoms with Gasteiger partial charge >= 0.3 is 0 Å². The minimum absolute atomic E-state index is 0.134. The van der Waals surface area contributed by atoms with E-state index in [1.807, 2.05) is 18.2 Å². The molecule has 1 atom stereocenters. The van der Waals surface area contributed by atoms with Crippen LogP contribution in [0.25, 0.3) is 0 Å². The molecule has 3 rings (SSSR count). The van der Waals surface area contributed by atoms with Gasteiger partial charge in [-0.15, -0.1) is 0 Å². The second-order valence-electron chi connectivity index (χ2n) is 6.50. The maximum Gasteiger partial charge on any atom is 0.199 e. The molecule has 4 nitrogen and oxygen atoms in total. The summed E-state index contributed by atoms with van der Waals surface area (Å²) in [5, 5.41) is 0. The molecule has 0 bridgehead atoms. The Labute approximate surface area is 149 Å². The van der Waals surface area contributed by atoms with Crippen LogP contribution >= 0.6 is 12.0 Å². The third-order valence-electron chi connectivity index (χ3n) is 4.59. The van der Waals surface area contributed by atoms with Crippen LogP contribution in [0, 0.1) is 0 Å². The molecule has 1 unspecified atom stereocenters. The van der Waals surface area contributed by atoms with Crippen LogP contribution in [-0.2, 0) is 8.92 Å². The van der Waals surface area contributed by atoms with Gasteiger partial charge in [0.05, 0.1) is 24.7 Å². The van der Waals surface area contributed by atoms with Gasteiger partial charge in [0.1, 0.15) is 11.5 Å². The molecule has 0 N–H and O–H groups in total. The molecule has 1 aromatic carbocycles. The van der Waals surface area contributed by atoms with Gasteiger partial charge in [-0.1, -0.05) is 12.8 Å². The Morgan fingerprint density at radius 2 is 1.75 bits per heavy atom. The Kier molecular flexibility index (Phi) is 7.12. The van der Waals surface area contributed by atoms with Crippen molar-refractivity contribution < 1.29 is 18.4 Å². The highest BCUT2D eigenvalue weighted by Crippen LogP contribution is 2.36. The van der Waals surface area contributed by atoms with Gasteiger partial charge in [0.25, 0.3) is 0 Å². The van der Waals surface area contributed by atoms with Crippen LogP contribution in [0.1, 0.15) is 57.8 Å². The van der Waals surface area contributed by atoms with E-state index in [1.54, 1.807) is 7.11 Å². The molecule has 2 aliphatic rings. The minimum atomic E-state index is -0.134. The molecule has 1 saturated carbocycles. The highest BCUT2D eigenvalue weighted by molar-refractivity contribution is 7.94. The quantitative estimate of drug-likeness (QED) is 0.510. The second kappa shape index (κ2) is 9.54. The second-order valence-corrected chi connectivity index (χ2v) is 7.44. The van der Waals surface area contributed by atoms with Gasteiger partial charge in [-0.05, 0) is 50.7 Å². The third kappa shape index (κ3) is 5.30. The van der Waals surface area contributed by atoms with E-state index in [-0.39, 0.29) is 6.29 Å². The number of rotatable bonds is 6. The molecule has 0 radical (unpaired) electrons. The van der Waals surface area contributed by atoms with Crippen LogP contribution in [0.5, 0.6) is 11.5 Å². The predicted octanol–water partition coefficient (Wildman–Crippen LogP) is 5.35. The van der Waals surface area contributed by atoms with Gasteiger partial charge < -0.3 is 18.4 Å². The van der Waals surface area contributed by atoms with Crippen LogP contribution in [0.4, 0.5) is 0 Å². The molecule has 0 aromatic heterocycles. The summed E-state index contributed by atoms with van der Waals surface area (Å²) in [5.74, 6) is 1.67. The molecular weight excluding hydrogens is 324 g/mol. The normalized spacial score (nSPS) is 22.8. The van der Waals surface area contributed by atoms with E-state index in [1.165, 1.54) is 37.7 Å². The largest absolute Gasteiger partial charge is 0.489 e. The zero-order chi connectivity index (χ0) is 16.6. The SMILES string of the molecule is COSc1ccc(OC2CCCCO2)cc1OC1CCCCCC1. The predicted molar refractivity (Wildman–Crippen MR) is 95.6 cm³/mol. The fourth-order valence-corrected chi connectivity index (χ4v) is 3.80. The topological polar surface area (TPSA) is 36.9 Å². The summed E-state index contributed by atoms with van der Waals surface area (Å²) in [7, 11) is 1.68. The first-order chi connectivity index (χ1) is 11.8. The van der Waals surface area contributed by atoms with Crippen molar-refractivity contribution in [1.82, 2.24) is 0 Å². The van der Waals surface area contributed by atoms with Gasteiger partial charge in [-0.3, -0.25) is 0 Å². The lowest BCUT2D eigenvalue weighted by Crippen LogP contribution is -2.25. The third-order valence-corrected chi connectivity index (χ3v) is 5.27. The number of hydrogen-bond acceptors (Lipinski definition) is 5. The van der Waals surface area contributed by atoms with E-state index in [0.29, 0.717) is 6.10 Å². The lowest BCUT2D eigenvalue weighted by atomic mass is 10.1. The van der Waals surface area contributed by atoms with Gasteiger partial charge in [-0.25, -0.2) is 0 Å². The maximum atomic E-state index is 6.33. The van der Waals surface area contributed by atoms with Crippen molar-refractivity contribution in [2.75, 3.05) is 13.7 Å². The summed E-state index contributed by atoms with van der Waals surface area (Å²) in [4.78, 5) is 0.999. The van der Waals surface area contributed by atoms with E-state index in [2.05, 4.69) is 0 Å².